The maximum absolute atomic E-state index is 9.54. The van der Waals surface area contributed by atoms with Crippen molar-refractivity contribution >= 4 is 6.47 Å². The van der Waals surface area contributed by atoms with Crippen molar-refractivity contribution in [2.45, 2.75) is 19.4 Å². The number of hydrogen-bond donors (Lipinski definition) is 0. The van der Waals surface area contributed by atoms with Crippen LogP contribution in [0.2, 0.25) is 0 Å². The second-order valence-electron chi connectivity index (χ2n) is 1.66. The number of methoxy groups -OCH3 is 1. The van der Waals surface area contributed by atoms with Crippen LogP contribution in [0.5, 0.6) is 0 Å². The molecule has 1 atom stereocenters. The lowest BCUT2D eigenvalue weighted by Gasteiger charge is -2.09. The minimum atomic E-state index is 0.0199. The third kappa shape index (κ3) is 3.97. The maximum Gasteiger partial charge on any atom is 0.417 e. The van der Waals surface area contributed by atoms with Crippen LogP contribution >= 0.6 is 0 Å². The molecule has 0 bridgehead atoms. The van der Waals surface area contributed by atoms with Crippen LogP contribution in [0.15, 0.2) is 0 Å². The van der Waals surface area contributed by atoms with Crippen molar-refractivity contribution in [2.24, 2.45) is 0 Å². The normalized spacial score (nSPS) is 12.7. The first-order chi connectivity index (χ1) is 4.35. The quantitative estimate of drug-likeness (QED) is 0.545. The van der Waals surface area contributed by atoms with Gasteiger partial charge in [-0.2, -0.15) is 0 Å². The van der Waals surface area contributed by atoms with E-state index in [1.807, 2.05) is 6.92 Å². The van der Waals surface area contributed by atoms with Crippen LogP contribution < -0.4 is 0 Å². The first kappa shape index (κ1) is 8.43. The van der Waals surface area contributed by atoms with E-state index in [9.17, 15) is 4.79 Å². The summed E-state index contributed by atoms with van der Waals surface area (Å²) in [7, 11) is 1.59. The molecule has 0 aromatic carbocycles. The van der Waals surface area contributed by atoms with Crippen LogP contribution in [0.3, 0.4) is 0 Å². The zero-order valence-electron chi connectivity index (χ0n) is 5.72. The number of hydrogen-bond acceptors (Lipinski definition) is 3. The third-order valence-electron chi connectivity index (χ3n) is 1.12. The van der Waals surface area contributed by atoms with Crippen molar-refractivity contribution in [3.05, 3.63) is 0 Å². The average molecular weight is 131 g/mol. The second-order valence-corrected chi connectivity index (χ2v) is 1.66. The Bertz CT molecular complexity index is 68.7. The van der Waals surface area contributed by atoms with Gasteiger partial charge in [0.2, 0.25) is 0 Å². The molecule has 1 radical (unpaired) electrons. The van der Waals surface area contributed by atoms with Crippen molar-refractivity contribution in [1.82, 2.24) is 0 Å². The van der Waals surface area contributed by atoms with Gasteiger partial charge in [-0.25, -0.2) is 4.79 Å². The van der Waals surface area contributed by atoms with Crippen LogP contribution in [0.1, 0.15) is 13.3 Å². The minimum Gasteiger partial charge on any atom is -0.455 e. The monoisotopic (exact) mass is 131 g/mol. The fourth-order valence-electron chi connectivity index (χ4n) is 0.480. The molecule has 0 aromatic heterocycles. The van der Waals surface area contributed by atoms with E-state index in [0.717, 1.165) is 6.42 Å². The van der Waals surface area contributed by atoms with E-state index in [2.05, 4.69) is 4.74 Å². The summed E-state index contributed by atoms with van der Waals surface area (Å²) >= 11 is 0. The first-order valence-corrected chi connectivity index (χ1v) is 2.86. The Labute approximate surface area is 55.0 Å². The van der Waals surface area contributed by atoms with E-state index in [4.69, 9.17) is 4.74 Å². The second kappa shape index (κ2) is 5.56. The molecule has 0 rings (SSSR count). The zero-order valence-corrected chi connectivity index (χ0v) is 5.72. The maximum atomic E-state index is 9.54. The number of rotatable bonds is 5. The van der Waals surface area contributed by atoms with Crippen molar-refractivity contribution in [3.63, 3.8) is 0 Å². The van der Waals surface area contributed by atoms with Gasteiger partial charge in [0.15, 0.2) is 0 Å². The summed E-state index contributed by atoms with van der Waals surface area (Å²) in [6.07, 6.45) is 0.865. The molecular formula is C6H11O3. The van der Waals surface area contributed by atoms with E-state index in [1.165, 1.54) is 6.47 Å². The van der Waals surface area contributed by atoms with Gasteiger partial charge in [0.1, 0.15) is 6.61 Å². The predicted molar refractivity (Wildman–Crippen MR) is 32.7 cm³/mol. The molecule has 9 heavy (non-hydrogen) atoms. The van der Waals surface area contributed by atoms with Crippen molar-refractivity contribution in [3.8, 4) is 0 Å². The highest BCUT2D eigenvalue weighted by molar-refractivity contribution is 5.38. The molecule has 0 amide bonds. The molecule has 1 unspecified atom stereocenters. The largest absolute Gasteiger partial charge is 0.455 e. The van der Waals surface area contributed by atoms with Crippen LogP contribution in [-0.2, 0) is 14.3 Å². The highest BCUT2D eigenvalue weighted by atomic mass is 16.5. The lowest BCUT2D eigenvalue weighted by Crippen LogP contribution is -2.16. The lowest BCUT2D eigenvalue weighted by atomic mass is 10.3. The smallest absolute Gasteiger partial charge is 0.417 e. The Balaban J connectivity index is 3.19. The van der Waals surface area contributed by atoms with Gasteiger partial charge >= 0.3 is 6.47 Å². The van der Waals surface area contributed by atoms with Crippen molar-refractivity contribution < 1.29 is 14.3 Å². The molecule has 0 aromatic rings. The third-order valence-corrected chi connectivity index (χ3v) is 1.12. The van der Waals surface area contributed by atoms with Gasteiger partial charge < -0.3 is 9.47 Å². The van der Waals surface area contributed by atoms with Crippen LogP contribution in [0.4, 0.5) is 0 Å². The van der Waals surface area contributed by atoms with Gasteiger partial charge in [0, 0.05) is 7.11 Å². The van der Waals surface area contributed by atoms with Gasteiger partial charge in [0.05, 0.1) is 6.10 Å². The number of carbonyl (C=O) groups excluding carboxylic acids is 1. The van der Waals surface area contributed by atoms with Gasteiger partial charge in [-0.05, 0) is 6.42 Å². The SMILES string of the molecule is CCC(CO[C]=O)OC. The Hall–Kier alpha value is -0.570. The molecule has 53 valence electrons. The summed E-state index contributed by atoms with van der Waals surface area (Å²) in [5.74, 6) is 0. The molecular weight excluding hydrogens is 120 g/mol. The van der Waals surface area contributed by atoms with E-state index < -0.39 is 0 Å². The summed E-state index contributed by atoms with van der Waals surface area (Å²) in [5, 5.41) is 0. The molecule has 3 nitrogen and oxygen atoms in total. The van der Waals surface area contributed by atoms with Crippen molar-refractivity contribution in [1.29, 1.82) is 0 Å². The van der Waals surface area contributed by atoms with Gasteiger partial charge in [-0.1, -0.05) is 6.92 Å². The standard InChI is InChI=1S/C6H11O3/c1-3-6(8-2)4-9-5-7/h6H,3-4H2,1-2H3. The summed E-state index contributed by atoms with van der Waals surface area (Å²) in [6, 6.07) is 0. The van der Waals surface area contributed by atoms with Crippen LogP contribution in [0, 0.1) is 0 Å². The number of ether oxygens (including phenoxy) is 2. The zero-order chi connectivity index (χ0) is 7.11. The molecule has 0 saturated carbocycles. The van der Waals surface area contributed by atoms with Gasteiger partial charge in [-0.15, -0.1) is 0 Å². The van der Waals surface area contributed by atoms with Crippen LogP contribution in [-0.4, -0.2) is 26.3 Å². The summed E-state index contributed by atoms with van der Waals surface area (Å²) in [5.41, 5.74) is 0. The predicted octanol–water partition coefficient (Wildman–Crippen LogP) is 0.495. The highest BCUT2D eigenvalue weighted by Crippen LogP contribution is 1.94. The molecule has 3 heteroatoms. The highest BCUT2D eigenvalue weighted by Gasteiger charge is 2.02. The molecule has 0 N–H and O–H groups in total. The molecule has 0 heterocycles. The molecule has 0 aliphatic carbocycles. The molecule has 0 aliphatic heterocycles. The topological polar surface area (TPSA) is 35.5 Å². The Morgan fingerprint density at radius 1 is 1.67 bits per heavy atom. The van der Waals surface area contributed by atoms with Crippen LogP contribution in [0.25, 0.3) is 0 Å². The molecule has 0 saturated heterocycles. The fourth-order valence-corrected chi connectivity index (χ4v) is 0.480. The summed E-state index contributed by atoms with van der Waals surface area (Å²) in [4.78, 5) is 9.54. The van der Waals surface area contributed by atoms with E-state index >= 15 is 0 Å². The Kier molecular flexibility index (Phi) is 5.21. The molecule has 0 spiro atoms. The summed E-state index contributed by atoms with van der Waals surface area (Å²) < 4.78 is 9.24. The Morgan fingerprint density at radius 2 is 2.33 bits per heavy atom. The fraction of sp³-hybridized carbons (Fsp3) is 0.833. The summed E-state index contributed by atoms with van der Waals surface area (Å²) in [6.45, 7) is 3.60. The first-order valence-electron chi connectivity index (χ1n) is 2.86. The molecule has 0 aliphatic rings. The minimum absolute atomic E-state index is 0.0199. The Morgan fingerprint density at radius 3 is 2.67 bits per heavy atom. The average Bonchev–Trinajstić information content (AvgIpc) is 1.91. The van der Waals surface area contributed by atoms with E-state index in [0.29, 0.717) is 6.61 Å². The lowest BCUT2D eigenvalue weighted by molar-refractivity contribution is 0.0501. The van der Waals surface area contributed by atoms with Gasteiger partial charge in [0.25, 0.3) is 0 Å². The van der Waals surface area contributed by atoms with Crippen molar-refractivity contribution in [2.75, 3.05) is 13.7 Å². The van der Waals surface area contributed by atoms with E-state index in [-0.39, 0.29) is 6.10 Å². The van der Waals surface area contributed by atoms with E-state index in [1.54, 1.807) is 7.11 Å². The van der Waals surface area contributed by atoms with Gasteiger partial charge in [-0.3, -0.25) is 0 Å². The molecule has 0 fully saturated rings.